The van der Waals surface area contributed by atoms with E-state index in [9.17, 15) is 28.1 Å². The van der Waals surface area contributed by atoms with E-state index in [1.54, 1.807) is 38.1 Å². The fraction of sp³-hybridized carbons (Fsp3) is 0.391. The number of likely N-dealkylation sites (N-methyl/N-ethyl adjacent to an activating group) is 1. The van der Waals surface area contributed by atoms with Crippen molar-refractivity contribution in [1.82, 2.24) is 10.2 Å². The van der Waals surface area contributed by atoms with E-state index in [4.69, 9.17) is 16.3 Å². The first-order valence-corrected chi connectivity index (χ1v) is 13.3. The molecule has 2 amide bonds. The predicted molar refractivity (Wildman–Crippen MR) is 137 cm³/mol. The van der Waals surface area contributed by atoms with Gasteiger partial charge in [-0.05, 0) is 37.1 Å². The van der Waals surface area contributed by atoms with Crippen molar-refractivity contribution < 1.29 is 27.7 Å². The Balaban J connectivity index is 2.54. The fourth-order valence-corrected chi connectivity index (χ4v) is 4.55. The minimum Gasteiger partial charge on any atom is -0.495 e. The third-order valence-corrected chi connectivity index (χ3v) is 6.70. The number of rotatable bonds is 12. The fourth-order valence-electron chi connectivity index (χ4n) is 3.58. The molecule has 0 aromatic heterocycles. The van der Waals surface area contributed by atoms with Crippen LogP contribution in [0.1, 0.15) is 25.8 Å². The second kappa shape index (κ2) is 12.5. The van der Waals surface area contributed by atoms with Crippen molar-refractivity contribution in [2.75, 3.05) is 30.8 Å². The van der Waals surface area contributed by atoms with E-state index in [0.717, 1.165) is 16.6 Å². The van der Waals surface area contributed by atoms with Gasteiger partial charge in [0, 0.05) is 30.2 Å². The lowest BCUT2D eigenvalue weighted by Gasteiger charge is -2.33. The number of hydrogen-bond donors (Lipinski definition) is 1. The number of sulfonamides is 1. The molecule has 0 aliphatic carbocycles. The number of non-ortho nitro benzene ring substituents is 1. The minimum atomic E-state index is -4.10. The summed E-state index contributed by atoms with van der Waals surface area (Å²) in [7, 11) is -2.82. The molecule has 0 fully saturated rings. The lowest BCUT2D eigenvalue weighted by Crippen LogP contribution is -2.52. The topological polar surface area (TPSA) is 139 Å². The average Bonchev–Trinajstić information content (AvgIpc) is 2.82. The van der Waals surface area contributed by atoms with E-state index >= 15 is 0 Å². The molecule has 0 unspecified atom stereocenters. The summed E-state index contributed by atoms with van der Waals surface area (Å²) in [6, 6.07) is 9.24. The van der Waals surface area contributed by atoms with Crippen LogP contribution in [0, 0.1) is 10.1 Å². The van der Waals surface area contributed by atoms with Crippen molar-refractivity contribution in [3.63, 3.8) is 0 Å². The van der Waals surface area contributed by atoms with E-state index in [1.165, 1.54) is 24.1 Å². The molecule has 1 atom stereocenters. The standard InChI is InChI=1S/C23H29ClN4O7S/c1-5-19(23(30)25-6-2)26(14-16-7-9-17(24)10-8-16)22(29)15-27(36(4,33)34)20-13-18(28(31)32)11-12-21(20)35-3/h7-13,19H,5-6,14-15H2,1-4H3,(H,25,30)/t19-/m1/s1. The van der Waals surface area contributed by atoms with Gasteiger partial charge in [-0.2, -0.15) is 0 Å². The normalized spacial score (nSPS) is 11.9. The van der Waals surface area contributed by atoms with E-state index in [-0.39, 0.29) is 36.0 Å². The number of halogens is 1. The zero-order valence-electron chi connectivity index (χ0n) is 20.4. The number of carbonyl (C=O) groups is 2. The van der Waals surface area contributed by atoms with Crippen LogP contribution in [-0.2, 0) is 26.2 Å². The Morgan fingerprint density at radius 2 is 1.81 bits per heavy atom. The zero-order chi connectivity index (χ0) is 27.0. The van der Waals surface area contributed by atoms with Crippen LogP contribution in [0.4, 0.5) is 11.4 Å². The van der Waals surface area contributed by atoms with Gasteiger partial charge in [0.2, 0.25) is 21.8 Å². The summed E-state index contributed by atoms with van der Waals surface area (Å²) in [4.78, 5) is 38.3. The van der Waals surface area contributed by atoms with Crippen LogP contribution >= 0.6 is 11.6 Å². The van der Waals surface area contributed by atoms with Gasteiger partial charge in [-0.3, -0.25) is 24.0 Å². The SMILES string of the molecule is CCNC(=O)[C@@H](CC)N(Cc1ccc(Cl)cc1)C(=O)CN(c1cc([N+](=O)[O-])ccc1OC)S(C)(=O)=O. The molecule has 0 bridgehead atoms. The summed E-state index contributed by atoms with van der Waals surface area (Å²) in [5.74, 6) is -1.04. The van der Waals surface area contributed by atoms with E-state index in [2.05, 4.69) is 5.32 Å². The molecule has 2 aromatic carbocycles. The lowest BCUT2D eigenvalue weighted by molar-refractivity contribution is -0.384. The number of hydrogen-bond acceptors (Lipinski definition) is 7. The van der Waals surface area contributed by atoms with Crippen molar-refractivity contribution in [2.45, 2.75) is 32.9 Å². The summed E-state index contributed by atoms with van der Waals surface area (Å²) in [5.41, 5.74) is 0.132. The number of nitro benzene ring substituents is 1. The Bertz CT molecular complexity index is 1210. The summed E-state index contributed by atoms with van der Waals surface area (Å²) < 4.78 is 31.4. The van der Waals surface area contributed by atoms with Gasteiger partial charge in [-0.15, -0.1) is 0 Å². The number of methoxy groups -OCH3 is 1. The molecule has 0 spiro atoms. The van der Waals surface area contributed by atoms with Gasteiger partial charge < -0.3 is 15.0 Å². The number of carbonyl (C=O) groups excluding carboxylic acids is 2. The first kappa shape index (κ1) is 28.9. The van der Waals surface area contributed by atoms with Crippen LogP contribution in [0.2, 0.25) is 5.02 Å². The van der Waals surface area contributed by atoms with Gasteiger partial charge in [0.05, 0.1) is 18.3 Å². The van der Waals surface area contributed by atoms with Gasteiger partial charge in [-0.1, -0.05) is 30.7 Å². The number of nitrogens with zero attached hydrogens (tertiary/aromatic N) is 3. The monoisotopic (exact) mass is 540 g/mol. The molecular formula is C23H29ClN4O7S. The molecule has 0 saturated carbocycles. The van der Waals surface area contributed by atoms with Gasteiger partial charge in [0.15, 0.2) is 0 Å². The molecule has 0 heterocycles. The Labute approximate surface area is 215 Å². The number of nitrogens with one attached hydrogen (secondary N) is 1. The highest BCUT2D eigenvalue weighted by atomic mass is 35.5. The maximum atomic E-state index is 13.6. The van der Waals surface area contributed by atoms with Crippen LogP contribution in [0.3, 0.4) is 0 Å². The molecular weight excluding hydrogens is 512 g/mol. The summed E-state index contributed by atoms with van der Waals surface area (Å²) in [6.07, 6.45) is 1.15. The largest absolute Gasteiger partial charge is 0.495 e. The molecule has 0 aliphatic heterocycles. The average molecular weight is 541 g/mol. The van der Waals surface area contributed by atoms with Gasteiger partial charge >= 0.3 is 0 Å². The van der Waals surface area contributed by atoms with Crippen LogP contribution in [0.25, 0.3) is 0 Å². The van der Waals surface area contributed by atoms with Crippen LogP contribution in [-0.4, -0.2) is 62.6 Å². The molecule has 0 saturated heterocycles. The Morgan fingerprint density at radius 3 is 2.31 bits per heavy atom. The van der Waals surface area contributed by atoms with Crippen molar-refractivity contribution in [2.24, 2.45) is 0 Å². The molecule has 36 heavy (non-hydrogen) atoms. The van der Waals surface area contributed by atoms with E-state index in [0.29, 0.717) is 17.1 Å². The summed E-state index contributed by atoms with van der Waals surface area (Å²) >= 11 is 5.96. The maximum Gasteiger partial charge on any atom is 0.271 e. The number of anilines is 1. The minimum absolute atomic E-state index is 0.00924. The summed E-state index contributed by atoms with van der Waals surface area (Å²) in [6.45, 7) is 3.13. The second-order valence-electron chi connectivity index (χ2n) is 7.85. The maximum absolute atomic E-state index is 13.6. The predicted octanol–water partition coefficient (Wildman–Crippen LogP) is 2.97. The summed E-state index contributed by atoms with van der Waals surface area (Å²) in [5, 5.41) is 14.5. The number of ether oxygens (including phenoxy) is 1. The second-order valence-corrected chi connectivity index (χ2v) is 10.2. The molecule has 11 nitrogen and oxygen atoms in total. The lowest BCUT2D eigenvalue weighted by atomic mass is 10.1. The molecule has 2 rings (SSSR count). The third-order valence-electron chi connectivity index (χ3n) is 5.32. The van der Waals surface area contributed by atoms with Crippen LogP contribution in [0.15, 0.2) is 42.5 Å². The Morgan fingerprint density at radius 1 is 1.17 bits per heavy atom. The molecule has 0 radical (unpaired) electrons. The smallest absolute Gasteiger partial charge is 0.271 e. The first-order valence-electron chi connectivity index (χ1n) is 11.0. The molecule has 196 valence electrons. The highest BCUT2D eigenvalue weighted by Gasteiger charge is 2.33. The highest BCUT2D eigenvalue weighted by Crippen LogP contribution is 2.34. The van der Waals surface area contributed by atoms with Crippen molar-refractivity contribution >= 4 is 44.8 Å². The first-order chi connectivity index (χ1) is 16.9. The number of amides is 2. The van der Waals surface area contributed by atoms with Crippen LogP contribution < -0.4 is 14.4 Å². The van der Waals surface area contributed by atoms with Gasteiger partial charge in [-0.25, -0.2) is 8.42 Å². The Kier molecular flexibility index (Phi) is 10.1. The molecule has 13 heteroatoms. The molecule has 0 aliphatic rings. The van der Waals surface area contributed by atoms with Crippen molar-refractivity contribution in [3.8, 4) is 5.75 Å². The quantitative estimate of drug-likeness (QED) is 0.322. The highest BCUT2D eigenvalue weighted by molar-refractivity contribution is 7.92. The van der Waals surface area contributed by atoms with E-state index in [1.807, 2.05) is 0 Å². The van der Waals surface area contributed by atoms with Gasteiger partial charge in [0.1, 0.15) is 24.0 Å². The number of benzene rings is 2. The van der Waals surface area contributed by atoms with Crippen LogP contribution in [0.5, 0.6) is 5.75 Å². The molecule has 2 aromatic rings. The van der Waals surface area contributed by atoms with E-state index < -0.39 is 33.4 Å². The Hall–Kier alpha value is -3.38. The molecule has 1 N–H and O–H groups in total. The van der Waals surface area contributed by atoms with Crippen molar-refractivity contribution in [3.05, 3.63) is 63.2 Å². The van der Waals surface area contributed by atoms with Gasteiger partial charge in [0.25, 0.3) is 5.69 Å². The van der Waals surface area contributed by atoms with Crippen molar-refractivity contribution in [1.29, 1.82) is 0 Å². The number of nitro groups is 1. The third kappa shape index (κ3) is 7.31. The zero-order valence-corrected chi connectivity index (χ0v) is 22.0.